The number of aryl methyl sites for hydroxylation is 1. The molecule has 0 bridgehead atoms. The number of carbonyl (C=O) groups is 1. The van der Waals surface area contributed by atoms with Gasteiger partial charge < -0.3 is 9.30 Å². The first kappa shape index (κ1) is 18.5. The van der Waals surface area contributed by atoms with Crippen LogP contribution in [-0.2, 0) is 22.5 Å². The maximum Gasteiger partial charge on any atom is 0.326 e. The molecule has 1 atom stereocenters. The van der Waals surface area contributed by atoms with Gasteiger partial charge in [-0.3, -0.25) is 4.79 Å². The van der Waals surface area contributed by atoms with E-state index in [2.05, 4.69) is 24.3 Å². The van der Waals surface area contributed by atoms with E-state index in [9.17, 15) is 4.79 Å². The number of para-hydroxylation sites is 2. The van der Waals surface area contributed by atoms with Gasteiger partial charge in [-0.15, -0.1) is 0 Å². The van der Waals surface area contributed by atoms with Crippen molar-refractivity contribution in [2.24, 2.45) is 0 Å². The van der Waals surface area contributed by atoms with E-state index in [1.807, 2.05) is 48.7 Å². The number of hydrogen-bond acceptors (Lipinski definition) is 4. The molecule has 1 heterocycles. The second kappa shape index (κ2) is 8.90. The first-order valence-electron chi connectivity index (χ1n) is 8.99. The summed E-state index contributed by atoms with van der Waals surface area (Å²) in [5.41, 5.74) is 3.18. The van der Waals surface area contributed by atoms with E-state index in [-0.39, 0.29) is 18.6 Å². The van der Waals surface area contributed by atoms with Crippen LogP contribution in [0.15, 0.2) is 59.8 Å². The van der Waals surface area contributed by atoms with Crippen molar-refractivity contribution in [3.63, 3.8) is 0 Å². The third-order valence-corrected chi connectivity index (χ3v) is 5.26. The lowest BCUT2D eigenvalue weighted by molar-refractivity contribution is -0.149. The number of esters is 1. The first-order chi connectivity index (χ1) is 12.7. The Morgan fingerprint density at radius 1 is 1.15 bits per heavy atom. The van der Waals surface area contributed by atoms with Crippen molar-refractivity contribution in [3.05, 3.63) is 60.2 Å². The van der Waals surface area contributed by atoms with Gasteiger partial charge in [-0.25, -0.2) is 4.98 Å². The zero-order chi connectivity index (χ0) is 18.4. The normalized spacial score (nSPS) is 12.2. The Hall–Kier alpha value is -2.27. The molecule has 0 saturated heterocycles. The number of carbonyl (C=O) groups excluding carboxylic acids is 1. The molecule has 4 nitrogen and oxygen atoms in total. The SMILES string of the molecule is CCC(C)OC(=O)Cn1c(SCCc2ccccc2)nc2ccccc21. The topological polar surface area (TPSA) is 44.1 Å². The Bertz CT molecular complexity index is 861. The lowest BCUT2D eigenvalue weighted by atomic mass is 10.2. The van der Waals surface area contributed by atoms with Crippen molar-refractivity contribution in [1.29, 1.82) is 0 Å². The smallest absolute Gasteiger partial charge is 0.326 e. The fourth-order valence-corrected chi connectivity index (χ4v) is 3.70. The van der Waals surface area contributed by atoms with Crippen molar-refractivity contribution >= 4 is 28.8 Å². The fraction of sp³-hybridized carbons (Fsp3) is 0.333. The lowest BCUT2D eigenvalue weighted by Crippen LogP contribution is -2.19. The first-order valence-corrected chi connectivity index (χ1v) is 9.97. The van der Waals surface area contributed by atoms with Gasteiger partial charge in [-0.2, -0.15) is 0 Å². The molecule has 0 aliphatic rings. The van der Waals surface area contributed by atoms with Crippen molar-refractivity contribution in [3.8, 4) is 0 Å². The van der Waals surface area contributed by atoms with E-state index in [0.29, 0.717) is 0 Å². The zero-order valence-corrected chi connectivity index (χ0v) is 16.0. The third kappa shape index (κ3) is 4.67. The van der Waals surface area contributed by atoms with E-state index in [0.717, 1.165) is 34.8 Å². The Kier molecular flexibility index (Phi) is 6.34. The molecule has 5 heteroatoms. The summed E-state index contributed by atoms with van der Waals surface area (Å²) in [5.74, 6) is 0.695. The average Bonchev–Trinajstić information content (AvgIpc) is 3.00. The number of aromatic nitrogens is 2. The maximum absolute atomic E-state index is 12.3. The molecule has 2 aromatic carbocycles. The standard InChI is InChI=1S/C21H24N2O2S/c1-3-16(2)25-20(24)15-23-19-12-8-7-11-18(19)22-21(23)26-14-13-17-9-5-4-6-10-17/h4-12,16H,3,13-15H2,1-2H3. The summed E-state index contributed by atoms with van der Waals surface area (Å²) in [6.45, 7) is 4.12. The summed E-state index contributed by atoms with van der Waals surface area (Å²) in [6, 6.07) is 18.3. The second-order valence-corrected chi connectivity index (χ2v) is 7.32. The van der Waals surface area contributed by atoms with Crippen LogP contribution in [0.5, 0.6) is 0 Å². The van der Waals surface area contributed by atoms with Crippen molar-refractivity contribution in [2.75, 3.05) is 5.75 Å². The quantitative estimate of drug-likeness (QED) is 0.426. The Balaban J connectivity index is 1.74. The highest BCUT2D eigenvalue weighted by atomic mass is 32.2. The van der Waals surface area contributed by atoms with Gasteiger partial charge in [0.1, 0.15) is 6.54 Å². The number of nitrogens with zero attached hydrogens (tertiary/aromatic N) is 2. The molecule has 0 fully saturated rings. The molecule has 0 amide bonds. The minimum absolute atomic E-state index is 0.0635. The number of rotatable bonds is 8. The molecular formula is C21H24N2O2S. The molecule has 136 valence electrons. The summed E-state index contributed by atoms with van der Waals surface area (Å²) in [4.78, 5) is 17.0. The van der Waals surface area contributed by atoms with Gasteiger partial charge in [-0.05, 0) is 37.5 Å². The number of ether oxygens (including phenoxy) is 1. The van der Waals surface area contributed by atoms with Crippen LogP contribution in [0.25, 0.3) is 11.0 Å². The van der Waals surface area contributed by atoms with Gasteiger partial charge in [0, 0.05) is 5.75 Å². The number of hydrogen-bond donors (Lipinski definition) is 0. The van der Waals surface area contributed by atoms with E-state index < -0.39 is 0 Å². The maximum atomic E-state index is 12.3. The molecule has 0 aliphatic carbocycles. The molecule has 0 saturated carbocycles. The van der Waals surface area contributed by atoms with Gasteiger partial charge >= 0.3 is 5.97 Å². The molecule has 0 spiro atoms. The van der Waals surface area contributed by atoms with Crippen LogP contribution in [-0.4, -0.2) is 27.4 Å². The molecule has 0 N–H and O–H groups in total. The fourth-order valence-electron chi connectivity index (χ4n) is 2.70. The average molecular weight is 369 g/mol. The second-order valence-electron chi connectivity index (χ2n) is 6.26. The summed E-state index contributed by atoms with van der Waals surface area (Å²) in [7, 11) is 0. The van der Waals surface area contributed by atoms with Crippen LogP contribution in [0.2, 0.25) is 0 Å². The van der Waals surface area contributed by atoms with Gasteiger partial charge in [0.25, 0.3) is 0 Å². The molecular weight excluding hydrogens is 344 g/mol. The van der Waals surface area contributed by atoms with Crippen molar-refractivity contribution in [1.82, 2.24) is 9.55 Å². The lowest BCUT2D eigenvalue weighted by Gasteiger charge is -2.13. The largest absolute Gasteiger partial charge is 0.461 e. The molecule has 26 heavy (non-hydrogen) atoms. The molecule has 0 aliphatic heterocycles. The van der Waals surface area contributed by atoms with Crippen molar-refractivity contribution in [2.45, 2.75) is 44.5 Å². The van der Waals surface area contributed by atoms with Gasteiger partial charge in [0.15, 0.2) is 5.16 Å². The van der Waals surface area contributed by atoms with E-state index in [1.54, 1.807) is 11.8 Å². The monoisotopic (exact) mass is 368 g/mol. The minimum atomic E-state index is -0.215. The van der Waals surface area contributed by atoms with Crippen LogP contribution in [0.1, 0.15) is 25.8 Å². The summed E-state index contributed by atoms with van der Waals surface area (Å²) >= 11 is 1.68. The van der Waals surface area contributed by atoms with Crippen LogP contribution < -0.4 is 0 Å². The minimum Gasteiger partial charge on any atom is -0.461 e. The van der Waals surface area contributed by atoms with Crippen LogP contribution in [0.4, 0.5) is 0 Å². The Morgan fingerprint density at radius 2 is 1.88 bits per heavy atom. The van der Waals surface area contributed by atoms with Gasteiger partial charge in [0.2, 0.25) is 0 Å². The van der Waals surface area contributed by atoms with Crippen LogP contribution >= 0.6 is 11.8 Å². The van der Waals surface area contributed by atoms with E-state index in [1.165, 1.54) is 5.56 Å². The highest BCUT2D eigenvalue weighted by molar-refractivity contribution is 7.99. The van der Waals surface area contributed by atoms with Crippen molar-refractivity contribution < 1.29 is 9.53 Å². The van der Waals surface area contributed by atoms with Crippen LogP contribution in [0, 0.1) is 0 Å². The molecule has 1 unspecified atom stereocenters. The zero-order valence-electron chi connectivity index (χ0n) is 15.2. The molecule has 0 radical (unpaired) electrons. The van der Waals surface area contributed by atoms with Gasteiger partial charge in [0.05, 0.1) is 17.1 Å². The molecule has 3 rings (SSSR count). The number of benzene rings is 2. The predicted molar refractivity (Wildman–Crippen MR) is 106 cm³/mol. The Morgan fingerprint density at radius 3 is 2.65 bits per heavy atom. The Labute approximate surface area is 158 Å². The van der Waals surface area contributed by atoms with Crippen LogP contribution in [0.3, 0.4) is 0 Å². The van der Waals surface area contributed by atoms with E-state index >= 15 is 0 Å². The summed E-state index contributed by atoms with van der Waals surface area (Å²) in [6.07, 6.45) is 1.72. The highest BCUT2D eigenvalue weighted by Crippen LogP contribution is 2.25. The van der Waals surface area contributed by atoms with Gasteiger partial charge in [-0.1, -0.05) is 61.2 Å². The highest BCUT2D eigenvalue weighted by Gasteiger charge is 2.16. The molecule has 1 aromatic heterocycles. The summed E-state index contributed by atoms with van der Waals surface area (Å²) < 4.78 is 7.42. The summed E-state index contributed by atoms with van der Waals surface area (Å²) in [5, 5.41) is 0.864. The molecule has 3 aromatic rings. The number of thioether (sulfide) groups is 1. The van der Waals surface area contributed by atoms with E-state index in [4.69, 9.17) is 9.72 Å². The number of imidazole rings is 1. The number of fused-ring (bicyclic) bond motifs is 1. The predicted octanol–water partition coefficient (Wildman–Crippen LogP) is 4.71. The third-order valence-electron chi connectivity index (χ3n) is 4.28.